The summed E-state index contributed by atoms with van der Waals surface area (Å²) in [5.41, 5.74) is 3.37. The molecule has 2 N–H and O–H groups in total. The van der Waals surface area contributed by atoms with E-state index < -0.39 is 0 Å². The lowest BCUT2D eigenvalue weighted by Gasteiger charge is -2.06. The molecule has 0 spiro atoms. The maximum Gasteiger partial charge on any atom is 0.257 e. The van der Waals surface area contributed by atoms with Gasteiger partial charge in [-0.2, -0.15) is 0 Å². The van der Waals surface area contributed by atoms with Crippen molar-refractivity contribution < 1.29 is 4.79 Å². The van der Waals surface area contributed by atoms with Crippen molar-refractivity contribution in [2.75, 3.05) is 5.32 Å². The number of anilines is 1. The highest BCUT2D eigenvalue weighted by Gasteiger charge is 2.09. The zero-order chi connectivity index (χ0) is 14.1. The summed E-state index contributed by atoms with van der Waals surface area (Å²) < 4.78 is 0. The van der Waals surface area contributed by atoms with Gasteiger partial charge in [-0.3, -0.25) is 4.79 Å². The molecule has 0 aliphatic carbocycles. The molecular formula is C14H11ClN4O. The van der Waals surface area contributed by atoms with Crippen LogP contribution >= 0.6 is 11.6 Å². The molecule has 20 heavy (non-hydrogen) atoms. The van der Waals surface area contributed by atoms with Gasteiger partial charge in [0.25, 0.3) is 5.91 Å². The predicted octanol–water partition coefficient (Wildman–Crippen LogP) is 3.17. The summed E-state index contributed by atoms with van der Waals surface area (Å²) in [5.74, 6) is -0.242. The average Bonchev–Trinajstić information content (AvgIpc) is 2.90. The van der Waals surface area contributed by atoms with Gasteiger partial charge in [-0.05, 0) is 30.7 Å². The van der Waals surface area contributed by atoms with Crippen molar-refractivity contribution in [2.45, 2.75) is 6.92 Å². The smallest absolute Gasteiger partial charge is 0.257 e. The number of hydrogen-bond donors (Lipinski definition) is 2. The molecule has 0 radical (unpaired) electrons. The van der Waals surface area contributed by atoms with Gasteiger partial charge in [0, 0.05) is 16.9 Å². The van der Waals surface area contributed by atoms with Crippen LogP contribution in [0.3, 0.4) is 0 Å². The molecular weight excluding hydrogens is 276 g/mol. The largest absolute Gasteiger partial charge is 0.343 e. The molecule has 0 bridgehead atoms. The van der Waals surface area contributed by atoms with E-state index in [2.05, 4.69) is 20.3 Å². The number of aromatic nitrogens is 3. The topological polar surface area (TPSA) is 70.7 Å². The Bertz CT molecular complexity index is 797. The highest BCUT2D eigenvalue weighted by atomic mass is 35.5. The van der Waals surface area contributed by atoms with Crippen LogP contribution in [0.15, 0.2) is 36.8 Å². The zero-order valence-corrected chi connectivity index (χ0v) is 11.4. The van der Waals surface area contributed by atoms with E-state index in [4.69, 9.17) is 11.6 Å². The number of aryl methyl sites for hydroxylation is 1. The molecule has 3 aromatic rings. The maximum absolute atomic E-state index is 12.1. The molecule has 1 aromatic carbocycles. The van der Waals surface area contributed by atoms with Crippen LogP contribution < -0.4 is 5.32 Å². The number of H-pyrrole nitrogens is 1. The first-order valence-electron chi connectivity index (χ1n) is 6.00. The number of fused-ring (bicyclic) bond motifs is 1. The summed E-state index contributed by atoms with van der Waals surface area (Å²) in [6.45, 7) is 1.91. The number of nitrogens with zero attached hydrogens (tertiary/aromatic N) is 2. The molecule has 5 nitrogen and oxygen atoms in total. The number of rotatable bonds is 2. The van der Waals surface area contributed by atoms with Gasteiger partial charge < -0.3 is 10.3 Å². The molecule has 100 valence electrons. The van der Waals surface area contributed by atoms with Crippen molar-refractivity contribution in [3.63, 3.8) is 0 Å². The van der Waals surface area contributed by atoms with Gasteiger partial charge >= 0.3 is 0 Å². The summed E-state index contributed by atoms with van der Waals surface area (Å²) in [4.78, 5) is 23.2. The first-order chi connectivity index (χ1) is 9.63. The number of carbonyl (C=O) groups is 1. The number of hydrogen-bond acceptors (Lipinski definition) is 3. The average molecular weight is 287 g/mol. The van der Waals surface area contributed by atoms with E-state index in [0.717, 1.165) is 11.1 Å². The third-order valence-electron chi connectivity index (χ3n) is 2.97. The van der Waals surface area contributed by atoms with Gasteiger partial charge in [0.15, 0.2) is 5.65 Å². The van der Waals surface area contributed by atoms with Crippen molar-refractivity contribution in [3.8, 4) is 0 Å². The van der Waals surface area contributed by atoms with Crippen LogP contribution in [0.1, 0.15) is 15.9 Å². The van der Waals surface area contributed by atoms with Crippen LogP contribution in [0.4, 0.5) is 5.69 Å². The number of nitrogens with one attached hydrogen (secondary N) is 2. The summed E-state index contributed by atoms with van der Waals surface area (Å²) in [7, 11) is 0. The minimum absolute atomic E-state index is 0.242. The molecule has 0 fully saturated rings. The molecule has 2 heterocycles. The zero-order valence-electron chi connectivity index (χ0n) is 10.6. The van der Waals surface area contributed by atoms with E-state index in [1.54, 1.807) is 24.5 Å². The quantitative estimate of drug-likeness (QED) is 0.760. The molecule has 6 heteroatoms. The lowest BCUT2D eigenvalue weighted by molar-refractivity contribution is 0.102. The van der Waals surface area contributed by atoms with Gasteiger partial charge in [0.05, 0.1) is 17.4 Å². The van der Waals surface area contributed by atoms with Gasteiger partial charge in [-0.15, -0.1) is 0 Å². The Labute approximate surface area is 120 Å². The number of imidazole rings is 1. The Kier molecular flexibility index (Phi) is 3.12. The number of carbonyl (C=O) groups excluding carboxylic acids is 1. The SMILES string of the molecule is Cc1ccc(NC(=O)c2cnc3nc[nH]c3c2)cc1Cl. The van der Waals surface area contributed by atoms with Crippen molar-refractivity contribution in [1.29, 1.82) is 0 Å². The van der Waals surface area contributed by atoms with Crippen molar-refractivity contribution in [2.24, 2.45) is 0 Å². The van der Waals surface area contributed by atoms with Crippen molar-refractivity contribution >= 4 is 34.4 Å². The van der Waals surface area contributed by atoms with Crippen LogP contribution in [-0.4, -0.2) is 20.9 Å². The molecule has 2 aromatic heterocycles. The van der Waals surface area contributed by atoms with E-state index in [0.29, 0.717) is 21.9 Å². The van der Waals surface area contributed by atoms with Crippen LogP contribution in [0.5, 0.6) is 0 Å². The maximum atomic E-state index is 12.1. The Hall–Kier alpha value is -2.40. The lowest BCUT2D eigenvalue weighted by atomic mass is 10.2. The Morgan fingerprint density at radius 1 is 1.30 bits per heavy atom. The monoisotopic (exact) mass is 286 g/mol. The van der Waals surface area contributed by atoms with Gasteiger partial charge in [0.1, 0.15) is 0 Å². The van der Waals surface area contributed by atoms with E-state index >= 15 is 0 Å². The fourth-order valence-electron chi connectivity index (χ4n) is 1.83. The number of benzene rings is 1. The number of amides is 1. The van der Waals surface area contributed by atoms with E-state index in [-0.39, 0.29) is 5.91 Å². The van der Waals surface area contributed by atoms with Crippen molar-refractivity contribution in [1.82, 2.24) is 15.0 Å². The van der Waals surface area contributed by atoms with Gasteiger partial charge in [-0.1, -0.05) is 17.7 Å². The fraction of sp³-hybridized carbons (Fsp3) is 0.0714. The molecule has 0 saturated heterocycles. The van der Waals surface area contributed by atoms with Gasteiger partial charge in [-0.25, -0.2) is 9.97 Å². The summed E-state index contributed by atoms with van der Waals surface area (Å²) in [6, 6.07) is 7.09. The Morgan fingerprint density at radius 2 is 2.15 bits per heavy atom. The summed E-state index contributed by atoms with van der Waals surface area (Å²) in [6.07, 6.45) is 3.04. The standard InChI is InChI=1S/C14H11ClN4O/c1-8-2-3-10(5-11(8)15)19-14(20)9-4-12-13(16-6-9)18-7-17-12/h2-7H,1H3,(H,19,20)(H,16,17,18). The molecule has 0 atom stereocenters. The Balaban J connectivity index is 1.86. The summed E-state index contributed by atoms with van der Waals surface area (Å²) in [5, 5.41) is 3.40. The minimum Gasteiger partial charge on any atom is -0.343 e. The van der Waals surface area contributed by atoms with Crippen molar-refractivity contribution in [3.05, 3.63) is 52.9 Å². The molecule has 0 unspecified atom stereocenters. The highest BCUT2D eigenvalue weighted by molar-refractivity contribution is 6.31. The molecule has 0 aliphatic heterocycles. The first-order valence-corrected chi connectivity index (χ1v) is 6.38. The second-order valence-electron chi connectivity index (χ2n) is 4.42. The van der Waals surface area contributed by atoms with E-state index in [9.17, 15) is 4.79 Å². The lowest BCUT2D eigenvalue weighted by Crippen LogP contribution is -2.12. The second-order valence-corrected chi connectivity index (χ2v) is 4.82. The van der Waals surface area contributed by atoms with Crippen LogP contribution in [0.25, 0.3) is 11.2 Å². The van der Waals surface area contributed by atoms with E-state index in [1.807, 2.05) is 13.0 Å². The molecule has 0 saturated carbocycles. The number of aromatic amines is 1. The normalized spacial score (nSPS) is 10.7. The number of pyridine rings is 1. The molecule has 3 rings (SSSR count). The second kappa shape index (κ2) is 4.94. The third-order valence-corrected chi connectivity index (χ3v) is 3.37. The van der Waals surface area contributed by atoms with Crippen LogP contribution in [-0.2, 0) is 0 Å². The molecule has 1 amide bonds. The minimum atomic E-state index is -0.242. The first kappa shape index (κ1) is 12.6. The molecule has 0 aliphatic rings. The summed E-state index contributed by atoms with van der Waals surface area (Å²) >= 11 is 6.03. The highest BCUT2D eigenvalue weighted by Crippen LogP contribution is 2.20. The number of halogens is 1. The Morgan fingerprint density at radius 3 is 2.95 bits per heavy atom. The van der Waals surface area contributed by atoms with E-state index in [1.165, 1.54) is 6.20 Å². The van der Waals surface area contributed by atoms with Crippen LogP contribution in [0.2, 0.25) is 5.02 Å². The predicted molar refractivity (Wildman–Crippen MR) is 78.0 cm³/mol. The third kappa shape index (κ3) is 2.35. The fourth-order valence-corrected chi connectivity index (χ4v) is 2.01. The van der Waals surface area contributed by atoms with Gasteiger partial charge in [0.2, 0.25) is 0 Å². The van der Waals surface area contributed by atoms with Crippen LogP contribution in [0, 0.1) is 6.92 Å².